The molecule has 26 heavy (non-hydrogen) atoms. The molecule has 2 atom stereocenters. The predicted octanol–water partition coefficient (Wildman–Crippen LogP) is 5.87. The van der Waals surface area contributed by atoms with Gasteiger partial charge in [-0.3, -0.25) is 9.67 Å². The molecule has 8 heteroatoms. The predicted molar refractivity (Wildman–Crippen MR) is 95.3 cm³/mol. The Balaban J connectivity index is 1.76. The van der Waals surface area contributed by atoms with Crippen LogP contribution in [0, 0.1) is 4.77 Å². The Morgan fingerprint density at radius 3 is 2.54 bits per heavy atom. The van der Waals surface area contributed by atoms with Crippen LogP contribution in [0.3, 0.4) is 0 Å². The van der Waals surface area contributed by atoms with Crippen molar-refractivity contribution in [2.45, 2.75) is 24.4 Å². The third-order valence-electron chi connectivity index (χ3n) is 4.56. The van der Waals surface area contributed by atoms with Crippen LogP contribution in [0.15, 0.2) is 48.5 Å². The van der Waals surface area contributed by atoms with Crippen molar-refractivity contribution >= 4 is 23.8 Å². The lowest BCUT2D eigenvalue weighted by molar-refractivity contribution is -0.137. The molecule has 1 saturated carbocycles. The van der Waals surface area contributed by atoms with E-state index in [4.69, 9.17) is 23.8 Å². The number of aromatic amines is 1. The molecule has 4 rings (SSSR count). The molecule has 2 aromatic carbocycles. The lowest BCUT2D eigenvalue weighted by Gasteiger charge is -2.13. The van der Waals surface area contributed by atoms with E-state index in [1.54, 1.807) is 0 Å². The first-order valence-electron chi connectivity index (χ1n) is 7.95. The molecule has 0 aliphatic heterocycles. The Morgan fingerprint density at radius 2 is 1.85 bits per heavy atom. The third-order valence-corrected chi connectivity index (χ3v) is 5.16. The SMILES string of the molecule is FC(F)(F)c1ccc(Cl)c(-n2c([C@H]3C[C@H]3c3ccccc3)n[nH]c2=S)c1. The van der Waals surface area contributed by atoms with Gasteiger partial charge in [-0.2, -0.15) is 18.3 Å². The van der Waals surface area contributed by atoms with Gasteiger partial charge < -0.3 is 0 Å². The second-order valence-corrected chi connectivity index (χ2v) is 7.04. The van der Waals surface area contributed by atoms with Crippen molar-refractivity contribution in [1.29, 1.82) is 0 Å². The molecule has 1 aliphatic rings. The number of alkyl halides is 3. The van der Waals surface area contributed by atoms with Crippen molar-refractivity contribution in [2.75, 3.05) is 0 Å². The zero-order chi connectivity index (χ0) is 18.5. The van der Waals surface area contributed by atoms with Crippen molar-refractivity contribution in [3.05, 3.63) is 75.3 Å². The number of rotatable bonds is 3. The number of aromatic nitrogens is 3. The molecule has 0 unspecified atom stereocenters. The standard InChI is InChI=1S/C18H13ClF3N3S/c19-14-7-6-11(18(20,21)22)8-15(14)25-16(23-24-17(25)26)13-9-12(13)10-4-2-1-3-5-10/h1-8,12-13H,9H2,(H,24,26)/t12-,13-/m0/s1. The van der Waals surface area contributed by atoms with Gasteiger partial charge in [0.1, 0.15) is 5.82 Å². The van der Waals surface area contributed by atoms with E-state index in [9.17, 15) is 13.2 Å². The Labute approximate surface area is 157 Å². The highest BCUT2D eigenvalue weighted by Crippen LogP contribution is 2.54. The molecule has 1 aliphatic carbocycles. The van der Waals surface area contributed by atoms with E-state index in [-0.39, 0.29) is 27.3 Å². The zero-order valence-electron chi connectivity index (χ0n) is 13.3. The minimum Gasteiger partial charge on any atom is -0.270 e. The Morgan fingerprint density at radius 1 is 1.12 bits per heavy atom. The maximum atomic E-state index is 13.1. The minimum absolute atomic E-state index is 0.0796. The van der Waals surface area contributed by atoms with Crippen molar-refractivity contribution < 1.29 is 13.2 Å². The van der Waals surface area contributed by atoms with Crippen LogP contribution in [0.25, 0.3) is 5.69 Å². The number of hydrogen-bond acceptors (Lipinski definition) is 2. The summed E-state index contributed by atoms with van der Waals surface area (Å²) in [6.45, 7) is 0. The van der Waals surface area contributed by atoms with Gasteiger partial charge in [0.2, 0.25) is 0 Å². The monoisotopic (exact) mass is 395 g/mol. The molecule has 1 fully saturated rings. The van der Waals surface area contributed by atoms with Crippen LogP contribution in [0.4, 0.5) is 13.2 Å². The van der Waals surface area contributed by atoms with Crippen LogP contribution in [0.5, 0.6) is 0 Å². The molecule has 0 bridgehead atoms. The van der Waals surface area contributed by atoms with E-state index in [1.165, 1.54) is 16.2 Å². The van der Waals surface area contributed by atoms with Gasteiger partial charge in [0.05, 0.1) is 16.3 Å². The highest BCUT2D eigenvalue weighted by atomic mass is 35.5. The molecular weight excluding hydrogens is 383 g/mol. The first-order chi connectivity index (χ1) is 12.4. The van der Waals surface area contributed by atoms with Gasteiger partial charge in [-0.05, 0) is 48.3 Å². The number of nitrogens with one attached hydrogen (secondary N) is 1. The average molecular weight is 396 g/mol. The Hall–Kier alpha value is -2.12. The Bertz CT molecular complexity index is 1010. The molecule has 1 N–H and O–H groups in total. The largest absolute Gasteiger partial charge is 0.416 e. The maximum absolute atomic E-state index is 13.1. The second kappa shape index (κ2) is 6.25. The normalized spacial score (nSPS) is 19.5. The maximum Gasteiger partial charge on any atom is 0.416 e. The molecule has 0 amide bonds. The van der Waals surface area contributed by atoms with E-state index in [0.717, 1.165) is 18.6 Å². The van der Waals surface area contributed by atoms with E-state index in [1.807, 2.05) is 30.3 Å². The first kappa shape index (κ1) is 17.3. The number of hydrogen-bond donors (Lipinski definition) is 1. The summed E-state index contributed by atoms with van der Waals surface area (Å²) in [6, 6.07) is 13.1. The fraction of sp³-hybridized carbons (Fsp3) is 0.222. The lowest BCUT2D eigenvalue weighted by atomic mass is 10.1. The molecule has 3 aromatic rings. The smallest absolute Gasteiger partial charge is 0.270 e. The van der Waals surface area contributed by atoms with Gasteiger partial charge in [-0.1, -0.05) is 41.9 Å². The lowest BCUT2D eigenvalue weighted by Crippen LogP contribution is -2.08. The summed E-state index contributed by atoms with van der Waals surface area (Å²) in [5, 5.41) is 7.15. The van der Waals surface area contributed by atoms with E-state index < -0.39 is 11.7 Å². The Kier molecular flexibility index (Phi) is 4.16. The van der Waals surface area contributed by atoms with Crippen molar-refractivity contribution in [3.63, 3.8) is 0 Å². The minimum atomic E-state index is -4.46. The van der Waals surface area contributed by atoms with Crippen LogP contribution in [0.1, 0.15) is 35.2 Å². The highest BCUT2D eigenvalue weighted by Gasteiger charge is 2.43. The van der Waals surface area contributed by atoms with Crippen LogP contribution in [-0.2, 0) is 6.18 Å². The van der Waals surface area contributed by atoms with Gasteiger partial charge in [-0.25, -0.2) is 0 Å². The third kappa shape index (κ3) is 3.05. The average Bonchev–Trinajstić information content (AvgIpc) is 3.31. The fourth-order valence-electron chi connectivity index (χ4n) is 3.20. The fourth-order valence-corrected chi connectivity index (χ4v) is 3.64. The second-order valence-electron chi connectivity index (χ2n) is 6.25. The van der Waals surface area contributed by atoms with Crippen LogP contribution < -0.4 is 0 Å². The summed E-state index contributed by atoms with van der Waals surface area (Å²) in [6.07, 6.45) is -3.60. The number of benzene rings is 2. The van der Waals surface area contributed by atoms with Crippen molar-refractivity contribution in [2.24, 2.45) is 0 Å². The van der Waals surface area contributed by atoms with Gasteiger partial charge in [0.25, 0.3) is 0 Å². The van der Waals surface area contributed by atoms with Gasteiger partial charge in [0, 0.05) is 5.92 Å². The number of halogens is 4. The topological polar surface area (TPSA) is 33.6 Å². The summed E-state index contributed by atoms with van der Waals surface area (Å²) in [7, 11) is 0. The van der Waals surface area contributed by atoms with Gasteiger partial charge >= 0.3 is 6.18 Å². The molecule has 0 radical (unpaired) electrons. The van der Waals surface area contributed by atoms with Gasteiger partial charge in [0.15, 0.2) is 4.77 Å². The molecule has 0 spiro atoms. The van der Waals surface area contributed by atoms with E-state index in [0.29, 0.717) is 5.82 Å². The molecule has 0 saturated heterocycles. The van der Waals surface area contributed by atoms with Crippen LogP contribution >= 0.6 is 23.8 Å². The van der Waals surface area contributed by atoms with Crippen LogP contribution in [-0.4, -0.2) is 14.8 Å². The van der Waals surface area contributed by atoms with E-state index >= 15 is 0 Å². The summed E-state index contributed by atoms with van der Waals surface area (Å²) >= 11 is 11.4. The molecule has 134 valence electrons. The summed E-state index contributed by atoms with van der Waals surface area (Å²) in [4.78, 5) is 0. The summed E-state index contributed by atoms with van der Waals surface area (Å²) < 4.78 is 41.0. The molecule has 1 aromatic heterocycles. The highest BCUT2D eigenvalue weighted by molar-refractivity contribution is 7.71. The van der Waals surface area contributed by atoms with Crippen LogP contribution in [0.2, 0.25) is 5.02 Å². The molecule has 1 heterocycles. The summed E-state index contributed by atoms with van der Waals surface area (Å²) in [5.74, 6) is 0.950. The molecular formula is C18H13ClF3N3S. The molecule has 3 nitrogen and oxygen atoms in total. The van der Waals surface area contributed by atoms with Crippen molar-refractivity contribution in [1.82, 2.24) is 14.8 Å². The summed E-state index contributed by atoms with van der Waals surface area (Å²) in [5.41, 5.74) is 0.586. The number of nitrogens with zero attached hydrogens (tertiary/aromatic N) is 2. The van der Waals surface area contributed by atoms with Crippen molar-refractivity contribution in [3.8, 4) is 5.69 Å². The first-order valence-corrected chi connectivity index (χ1v) is 8.74. The van der Waals surface area contributed by atoms with E-state index in [2.05, 4.69) is 10.2 Å². The number of H-pyrrole nitrogens is 1. The van der Waals surface area contributed by atoms with Gasteiger partial charge in [-0.15, -0.1) is 0 Å². The zero-order valence-corrected chi connectivity index (χ0v) is 14.9. The quantitative estimate of drug-likeness (QED) is 0.562.